The van der Waals surface area contributed by atoms with Crippen LogP contribution >= 0.6 is 22.9 Å². The lowest BCUT2D eigenvalue weighted by Crippen LogP contribution is -2.50. The van der Waals surface area contributed by atoms with Gasteiger partial charge in [0.25, 0.3) is 15.9 Å². The van der Waals surface area contributed by atoms with Gasteiger partial charge in [-0.2, -0.15) is 4.31 Å². The first-order valence-corrected chi connectivity index (χ1v) is 13.6. The van der Waals surface area contributed by atoms with E-state index in [4.69, 9.17) is 11.6 Å². The van der Waals surface area contributed by atoms with Gasteiger partial charge in [0.15, 0.2) is 0 Å². The molecule has 10 heteroatoms. The van der Waals surface area contributed by atoms with Gasteiger partial charge in [0.2, 0.25) is 5.91 Å². The summed E-state index contributed by atoms with van der Waals surface area (Å²) in [5.41, 5.74) is 1.41. The molecule has 0 aliphatic carbocycles. The van der Waals surface area contributed by atoms with Gasteiger partial charge >= 0.3 is 0 Å². The molecule has 0 bridgehead atoms. The summed E-state index contributed by atoms with van der Waals surface area (Å²) in [6.07, 6.45) is 3.27. The number of carbonyl (C=O) groups excluding carboxylic acids is 2. The van der Waals surface area contributed by atoms with Crippen molar-refractivity contribution in [3.63, 3.8) is 0 Å². The zero-order chi connectivity index (χ0) is 24.8. The second kappa shape index (κ2) is 11.2. The van der Waals surface area contributed by atoms with Gasteiger partial charge in [-0.25, -0.2) is 8.42 Å². The lowest BCUT2D eigenvalue weighted by atomic mass is 10.2. The predicted molar refractivity (Wildman–Crippen MR) is 138 cm³/mol. The summed E-state index contributed by atoms with van der Waals surface area (Å²) in [4.78, 5) is 27.1. The molecule has 1 aromatic heterocycles. The molecule has 2 heterocycles. The number of halogens is 1. The monoisotopic (exact) mass is 529 g/mol. The zero-order valence-electron chi connectivity index (χ0n) is 18.8. The number of piperazine rings is 1. The highest BCUT2D eigenvalue weighted by molar-refractivity contribution is 7.91. The topological polar surface area (TPSA) is 86.8 Å². The molecule has 0 spiro atoms. The fourth-order valence-corrected chi connectivity index (χ4v) is 6.57. The minimum absolute atomic E-state index is 0.138. The fraction of sp³-hybridized carbons (Fsp3) is 0.200. The van der Waals surface area contributed by atoms with Crippen LogP contribution in [0.2, 0.25) is 5.02 Å². The Hall–Kier alpha value is -2.98. The summed E-state index contributed by atoms with van der Waals surface area (Å²) in [7, 11) is -3.67. The molecule has 0 saturated carbocycles. The van der Waals surface area contributed by atoms with E-state index in [1.165, 1.54) is 10.4 Å². The van der Waals surface area contributed by atoms with Gasteiger partial charge in [-0.05, 0) is 48.0 Å². The Morgan fingerprint density at radius 3 is 2.31 bits per heavy atom. The van der Waals surface area contributed by atoms with Crippen LogP contribution in [0.25, 0.3) is 6.08 Å². The maximum absolute atomic E-state index is 13.1. The molecule has 2 amide bonds. The van der Waals surface area contributed by atoms with Crippen molar-refractivity contribution >= 4 is 50.9 Å². The summed E-state index contributed by atoms with van der Waals surface area (Å²) in [6, 6.07) is 19.3. The summed E-state index contributed by atoms with van der Waals surface area (Å²) >= 11 is 6.98. The van der Waals surface area contributed by atoms with E-state index in [0.717, 1.165) is 21.8 Å². The number of rotatable bonds is 7. The van der Waals surface area contributed by atoms with E-state index >= 15 is 0 Å². The van der Waals surface area contributed by atoms with Crippen molar-refractivity contribution in [2.75, 3.05) is 26.2 Å². The van der Waals surface area contributed by atoms with Crippen LogP contribution in [-0.2, 0) is 21.4 Å². The molecule has 0 unspecified atom stereocenters. The van der Waals surface area contributed by atoms with Crippen molar-refractivity contribution in [1.29, 1.82) is 0 Å². The number of hydrogen-bond acceptors (Lipinski definition) is 5. The minimum Gasteiger partial charge on any atom is -0.347 e. The molecule has 1 aliphatic rings. The Morgan fingerprint density at radius 2 is 1.63 bits per heavy atom. The molecule has 1 saturated heterocycles. The molecule has 35 heavy (non-hydrogen) atoms. The Kier molecular flexibility index (Phi) is 8.02. The maximum Gasteiger partial charge on any atom is 0.252 e. The van der Waals surface area contributed by atoms with Gasteiger partial charge in [-0.3, -0.25) is 9.59 Å². The number of thiophene rings is 1. The van der Waals surface area contributed by atoms with Crippen molar-refractivity contribution in [1.82, 2.24) is 14.5 Å². The molecule has 0 radical (unpaired) electrons. The van der Waals surface area contributed by atoms with Gasteiger partial charge in [0.05, 0.1) is 6.54 Å². The molecule has 3 aromatic rings. The molecule has 182 valence electrons. The predicted octanol–water partition coefficient (Wildman–Crippen LogP) is 3.88. The van der Waals surface area contributed by atoms with Crippen LogP contribution in [0, 0.1) is 0 Å². The summed E-state index contributed by atoms with van der Waals surface area (Å²) < 4.78 is 27.8. The quantitative estimate of drug-likeness (QED) is 0.471. The molecule has 1 fully saturated rings. The minimum atomic E-state index is -3.67. The van der Waals surface area contributed by atoms with Crippen molar-refractivity contribution in [2.24, 2.45) is 0 Å². The average Bonchev–Trinajstić information content (AvgIpc) is 3.37. The second-order valence-electron chi connectivity index (χ2n) is 7.88. The van der Waals surface area contributed by atoms with E-state index in [0.29, 0.717) is 23.7 Å². The fourth-order valence-electron chi connectivity index (χ4n) is 3.58. The van der Waals surface area contributed by atoms with E-state index in [-0.39, 0.29) is 35.7 Å². The largest absolute Gasteiger partial charge is 0.347 e. The smallest absolute Gasteiger partial charge is 0.252 e. The normalized spacial score (nSPS) is 14.8. The standard InChI is InChI=1S/C25H24ClN3O4S2/c26-21-9-7-20(8-10-21)25(31)27-18-22-11-13-24(34-22)35(32,33)29-16-14-28(15-17-29)23(30)12-6-19-4-2-1-3-5-19/h1-13H,14-18H2,(H,27,31). The number of nitrogens with one attached hydrogen (secondary N) is 1. The molecule has 1 N–H and O–H groups in total. The van der Waals surface area contributed by atoms with Gasteiger partial charge in [0, 0.05) is 47.7 Å². The van der Waals surface area contributed by atoms with E-state index < -0.39 is 10.0 Å². The Labute approximate surface area is 213 Å². The second-order valence-corrected chi connectivity index (χ2v) is 11.7. The number of nitrogens with zero attached hydrogens (tertiary/aromatic N) is 2. The number of sulfonamides is 1. The van der Waals surface area contributed by atoms with Crippen LogP contribution < -0.4 is 5.32 Å². The van der Waals surface area contributed by atoms with E-state index in [2.05, 4.69) is 5.32 Å². The van der Waals surface area contributed by atoms with Gasteiger partial charge in [-0.1, -0.05) is 41.9 Å². The Morgan fingerprint density at radius 1 is 0.943 bits per heavy atom. The summed E-state index contributed by atoms with van der Waals surface area (Å²) in [5.74, 6) is -0.401. The maximum atomic E-state index is 13.1. The molecule has 1 aliphatic heterocycles. The third-order valence-corrected chi connectivity index (χ3v) is 9.23. The number of carbonyl (C=O) groups is 2. The van der Waals surface area contributed by atoms with Crippen molar-refractivity contribution < 1.29 is 18.0 Å². The molecular formula is C25H24ClN3O4S2. The SMILES string of the molecule is O=C(NCc1ccc(S(=O)(=O)N2CCN(C(=O)C=Cc3ccccc3)CC2)s1)c1ccc(Cl)cc1. The van der Waals surface area contributed by atoms with Crippen LogP contribution in [0.1, 0.15) is 20.8 Å². The summed E-state index contributed by atoms with van der Waals surface area (Å²) in [6.45, 7) is 1.33. The first-order valence-electron chi connectivity index (χ1n) is 11.0. The van der Waals surface area contributed by atoms with Crippen LogP contribution in [-0.4, -0.2) is 55.6 Å². The lowest BCUT2D eigenvalue weighted by molar-refractivity contribution is -0.127. The molecule has 0 atom stereocenters. The van der Waals surface area contributed by atoms with Gasteiger partial charge < -0.3 is 10.2 Å². The highest BCUT2D eigenvalue weighted by Gasteiger charge is 2.30. The van der Waals surface area contributed by atoms with Crippen molar-refractivity contribution in [2.45, 2.75) is 10.8 Å². The third-order valence-electron chi connectivity index (χ3n) is 5.53. The van der Waals surface area contributed by atoms with Gasteiger partial charge in [0.1, 0.15) is 4.21 Å². The Bertz CT molecular complexity index is 1310. The average molecular weight is 530 g/mol. The highest BCUT2D eigenvalue weighted by Crippen LogP contribution is 2.26. The molecule has 4 rings (SSSR count). The van der Waals surface area contributed by atoms with Crippen LogP contribution in [0.3, 0.4) is 0 Å². The number of benzene rings is 2. The molecular weight excluding hydrogens is 506 g/mol. The Balaban J connectivity index is 1.31. The lowest BCUT2D eigenvalue weighted by Gasteiger charge is -2.33. The number of amides is 2. The molecule has 7 nitrogen and oxygen atoms in total. The highest BCUT2D eigenvalue weighted by atomic mass is 35.5. The summed E-state index contributed by atoms with van der Waals surface area (Å²) in [5, 5.41) is 3.34. The molecule has 2 aromatic carbocycles. The van der Waals surface area contributed by atoms with Gasteiger partial charge in [-0.15, -0.1) is 11.3 Å². The third kappa shape index (κ3) is 6.37. The van der Waals surface area contributed by atoms with E-state index in [1.807, 2.05) is 30.3 Å². The number of hydrogen-bond donors (Lipinski definition) is 1. The van der Waals surface area contributed by atoms with Crippen molar-refractivity contribution in [3.05, 3.63) is 93.8 Å². The first kappa shape index (κ1) is 25.1. The van der Waals surface area contributed by atoms with E-state index in [1.54, 1.807) is 47.4 Å². The van der Waals surface area contributed by atoms with Crippen LogP contribution in [0.15, 0.2) is 77.0 Å². The van der Waals surface area contributed by atoms with Crippen molar-refractivity contribution in [3.8, 4) is 0 Å². The van der Waals surface area contributed by atoms with Crippen LogP contribution in [0.4, 0.5) is 0 Å². The van der Waals surface area contributed by atoms with Crippen LogP contribution in [0.5, 0.6) is 0 Å². The first-order chi connectivity index (χ1) is 16.8. The zero-order valence-corrected chi connectivity index (χ0v) is 21.2. The van der Waals surface area contributed by atoms with E-state index in [9.17, 15) is 18.0 Å².